The van der Waals surface area contributed by atoms with Crippen LogP contribution in [0.2, 0.25) is 0 Å². The van der Waals surface area contributed by atoms with Gasteiger partial charge in [-0.25, -0.2) is 13.4 Å². The number of methoxy groups -OCH3 is 1. The first-order valence-corrected chi connectivity index (χ1v) is 10.8. The molecule has 0 saturated carbocycles. The van der Waals surface area contributed by atoms with E-state index in [1.165, 1.54) is 10.4 Å². The molecule has 2 heterocycles. The van der Waals surface area contributed by atoms with Crippen LogP contribution in [0, 0.1) is 0 Å². The van der Waals surface area contributed by atoms with Crippen molar-refractivity contribution in [1.29, 1.82) is 0 Å². The van der Waals surface area contributed by atoms with Gasteiger partial charge in [0.25, 0.3) is 0 Å². The number of ether oxygens (including phenoxy) is 2. The molecule has 0 spiro atoms. The first kappa shape index (κ1) is 22.2. The Morgan fingerprint density at radius 1 is 1.00 bits per heavy atom. The molecular weight excluding hydrogens is 423 g/mol. The summed E-state index contributed by atoms with van der Waals surface area (Å²) in [6, 6.07) is 9.11. The quantitative estimate of drug-likeness (QED) is 0.653. The highest BCUT2D eigenvalue weighted by molar-refractivity contribution is 7.89. The fourth-order valence-corrected chi connectivity index (χ4v) is 4.27. The van der Waals surface area contributed by atoms with Gasteiger partial charge in [-0.3, -0.25) is 0 Å². The van der Waals surface area contributed by atoms with Crippen LogP contribution in [0.25, 0.3) is 0 Å². The normalized spacial score (nSPS) is 15.8. The molecule has 164 valence electrons. The predicted octanol–water partition coefficient (Wildman–Crippen LogP) is 2.64. The SMILES string of the molecule is COc1ccc(OCCS(=O)(=O)N2CCN(c3ccc(C(F)(F)F)cn3)CC2)cc1. The number of halogens is 3. The Balaban J connectivity index is 1.49. The molecule has 0 bridgehead atoms. The van der Waals surface area contributed by atoms with Gasteiger partial charge in [-0.1, -0.05) is 0 Å². The van der Waals surface area contributed by atoms with Crippen LogP contribution in [-0.4, -0.2) is 63.4 Å². The Labute approximate surface area is 173 Å². The van der Waals surface area contributed by atoms with E-state index in [-0.39, 0.29) is 25.4 Å². The third kappa shape index (κ3) is 5.54. The van der Waals surface area contributed by atoms with Crippen molar-refractivity contribution in [3.8, 4) is 11.5 Å². The average Bonchev–Trinajstić information content (AvgIpc) is 2.74. The van der Waals surface area contributed by atoms with Crippen molar-refractivity contribution < 1.29 is 31.1 Å². The van der Waals surface area contributed by atoms with Crippen LogP contribution < -0.4 is 14.4 Å². The molecule has 1 fully saturated rings. The van der Waals surface area contributed by atoms with E-state index in [1.54, 1.807) is 36.3 Å². The Bertz CT molecular complexity index is 927. The molecule has 0 aliphatic carbocycles. The van der Waals surface area contributed by atoms with Crippen molar-refractivity contribution in [3.05, 3.63) is 48.2 Å². The monoisotopic (exact) mass is 445 g/mol. The van der Waals surface area contributed by atoms with E-state index in [1.807, 2.05) is 0 Å². The molecule has 0 radical (unpaired) electrons. The summed E-state index contributed by atoms with van der Waals surface area (Å²) in [5.74, 6) is 1.44. The summed E-state index contributed by atoms with van der Waals surface area (Å²) in [6.07, 6.45) is -3.65. The first-order valence-electron chi connectivity index (χ1n) is 9.22. The zero-order valence-corrected chi connectivity index (χ0v) is 17.1. The van der Waals surface area contributed by atoms with E-state index in [2.05, 4.69) is 4.98 Å². The number of rotatable bonds is 7. The molecule has 1 aliphatic rings. The zero-order chi connectivity index (χ0) is 21.8. The van der Waals surface area contributed by atoms with Crippen molar-refractivity contribution in [2.75, 3.05) is 50.5 Å². The highest BCUT2D eigenvalue weighted by atomic mass is 32.2. The molecule has 2 aromatic rings. The molecule has 0 atom stereocenters. The minimum absolute atomic E-state index is 0.00926. The maximum Gasteiger partial charge on any atom is 0.417 e. The largest absolute Gasteiger partial charge is 0.497 e. The molecule has 11 heteroatoms. The second-order valence-corrected chi connectivity index (χ2v) is 8.72. The number of sulfonamides is 1. The van der Waals surface area contributed by atoms with Gasteiger partial charge in [-0.2, -0.15) is 17.5 Å². The summed E-state index contributed by atoms with van der Waals surface area (Å²) < 4.78 is 74.9. The number of hydrogen-bond donors (Lipinski definition) is 0. The van der Waals surface area contributed by atoms with Crippen molar-refractivity contribution in [3.63, 3.8) is 0 Å². The number of hydrogen-bond acceptors (Lipinski definition) is 6. The van der Waals surface area contributed by atoms with Crippen molar-refractivity contribution in [2.24, 2.45) is 0 Å². The third-order valence-electron chi connectivity index (χ3n) is 4.70. The van der Waals surface area contributed by atoms with Crippen LogP contribution in [0.4, 0.5) is 19.0 Å². The summed E-state index contributed by atoms with van der Waals surface area (Å²) in [5.41, 5.74) is -0.815. The highest BCUT2D eigenvalue weighted by Gasteiger charge is 2.31. The van der Waals surface area contributed by atoms with Gasteiger partial charge in [-0.05, 0) is 36.4 Å². The maximum absolute atomic E-state index is 12.6. The fourth-order valence-electron chi connectivity index (χ4n) is 3.00. The van der Waals surface area contributed by atoms with E-state index >= 15 is 0 Å². The van der Waals surface area contributed by atoms with Crippen molar-refractivity contribution in [1.82, 2.24) is 9.29 Å². The highest BCUT2D eigenvalue weighted by Crippen LogP contribution is 2.29. The molecule has 30 heavy (non-hydrogen) atoms. The lowest BCUT2D eigenvalue weighted by molar-refractivity contribution is -0.137. The first-order chi connectivity index (χ1) is 14.2. The maximum atomic E-state index is 12.6. The second-order valence-electron chi connectivity index (χ2n) is 6.63. The van der Waals surface area contributed by atoms with Crippen molar-refractivity contribution >= 4 is 15.8 Å². The number of benzene rings is 1. The standard InChI is InChI=1S/C19H22F3N3O4S/c1-28-16-3-5-17(6-4-16)29-12-13-30(26,27)25-10-8-24(9-11-25)18-7-2-15(14-23-18)19(20,21)22/h2-7,14H,8-13H2,1H3. The Kier molecular flexibility index (Phi) is 6.71. The number of nitrogens with zero attached hydrogens (tertiary/aromatic N) is 3. The van der Waals surface area contributed by atoms with E-state index in [9.17, 15) is 21.6 Å². The van der Waals surface area contributed by atoms with Gasteiger partial charge in [0.05, 0.1) is 18.4 Å². The van der Waals surface area contributed by atoms with E-state index in [0.717, 1.165) is 12.3 Å². The average molecular weight is 445 g/mol. The van der Waals surface area contributed by atoms with Crippen LogP contribution in [0.1, 0.15) is 5.56 Å². The fraction of sp³-hybridized carbons (Fsp3) is 0.421. The zero-order valence-electron chi connectivity index (χ0n) is 16.3. The molecule has 3 rings (SSSR count). The van der Waals surface area contributed by atoms with E-state index in [4.69, 9.17) is 9.47 Å². The second kappa shape index (κ2) is 9.09. The van der Waals surface area contributed by atoms with Gasteiger partial charge >= 0.3 is 6.18 Å². The predicted molar refractivity (Wildman–Crippen MR) is 105 cm³/mol. The molecule has 1 saturated heterocycles. The van der Waals surface area contributed by atoms with Crippen LogP contribution in [0.3, 0.4) is 0 Å². The number of anilines is 1. The molecule has 0 unspecified atom stereocenters. The lowest BCUT2D eigenvalue weighted by Gasteiger charge is -2.34. The summed E-state index contributed by atoms with van der Waals surface area (Å²) in [5, 5.41) is 0. The number of aromatic nitrogens is 1. The van der Waals surface area contributed by atoms with Crippen LogP contribution in [-0.2, 0) is 16.2 Å². The number of alkyl halides is 3. The molecule has 1 aromatic carbocycles. The number of pyridine rings is 1. The van der Waals surface area contributed by atoms with Gasteiger partial charge < -0.3 is 14.4 Å². The summed E-state index contributed by atoms with van der Waals surface area (Å²) in [7, 11) is -1.96. The topological polar surface area (TPSA) is 72.0 Å². The molecule has 7 nitrogen and oxygen atoms in total. The van der Waals surface area contributed by atoms with Gasteiger partial charge in [0.2, 0.25) is 10.0 Å². The minimum atomic E-state index is -4.44. The Morgan fingerprint density at radius 2 is 1.63 bits per heavy atom. The smallest absolute Gasteiger partial charge is 0.417 e. The lowest BCUT2D eigenvalue weighted by Crippen LogP contribution is -2.50. The molecule has 0 amide bonds. The minimum Gasteiger partial charge on any atom is -0.497 e. The van der Waals surface area contributed by atoms with Gasteiger partial charge in [0.15, 0.2) is 0 Å². The lowest BCUT2D eigenvalue weighted by atomic mass is 10.2. The molecule has 0 N–H and O–H groups in total. The van der Waals surface area contributed by atoms with Gasteiger partial charge in [0.1, 0.15) is 23.9 Å². The molecule has 1 aromatic heterocycles. The summed E-state index contributed by atoms with van der Waals surface area (Å²) >= 11 is 0. The van der Waals surface area contributed by atoms with Gasteiger partial charge in [0, 0.05) is 32.4 Å². The Morgan fingerprint density at radius 3 is 2.17 bits per heavy atom. The Hall–Kier alpha value is -2.53. The van der Waals surface area contributed by atoms with E-state index in [0.29, 0.717) is 30.4 Å². The summed E-state index contributed by atoms with van der Waals surface area (Å²) in [4.78, 5) is 5.62. The van der Waals surface area contributed by atoms with Crippen LogP contribution >= 0.6 is 0 Å². The molecular formula is C19H22F3N3O4S. The summed E-state index contributed by atoms with van der Waals surface area (Å²) in [6.45, 7) is 1.16. The van der Waals surface area contributed by atoms with Crippen LogP contribution in [0.5, 0.6) is 11.5 Å². The number of piperazine rings is 1. The van der Waals surface area contributed by atoms with Crippen molar-refractivity contribution in [2.45, 2.75) is 6.18 Å². The van der Waals surface area contributed by atoms with E-state index < -0.39 is 21.8 Å². The third-order valence-corrected chi connectivity index (χ3v) is 6.54. The van der Waals surface area contributed by atoms with Gasteiger partial charge in [-0.15, -0.1) is 0 Å². The molecule has 1 aliphatic heterocycles. The van der Waals surface area contributed by atoms with Crippen LogP contribution in [0.15, 0.2) is 42.6 Å².